The zero-order chi connectivity index (χ0) is 14.8. The highest BCUT2D eigenvalue weighted by Gasteiger charge is 2.18. The van der Waals surface area contributed by atoms with Gasteiger partial charge in [-0.15, -0.1) is 0 Å². The number of nitrogens with zero attached hydrogens (tertiary/aromatic N) is 2. The number of hydrogen-bond donors (Lipinski definition) is 0. The Morgan fingerprint density at radius 1 is 1.24 bits per heavy atom. The molecule has 21 heavy (non-hydrogen) atoms. The summed E-state index contributed by atoms with van der Waals surface area (Å²) < 4.78 is 23.4. The fraction of sp³-hybridized carbons (Fsp3) is 0.133. The summed E-state index contributed by atoms with van der Waals surface area (Å²) in [5.41, 5.74) is 0.589. The zero-order valence-corrected chi connectivity index (χ0v) is 11.2. The van der Waals surface area contributed by atoms with Crippen molar-refractivity contribution in [1.82, 2.24) is 10.1 Å². The van der Waals surface area contributed by atoms with Crippen molar-refractivity contribution >= 4 is 16.7 Å². The maximum atomic E-state index is 13.8. The van der Waals surface area contributed by atoms with Crippen LogP contribution < -0.4 is 0 Å². The Morgan fingerprint density at radius 2 is 2.00 bits per heavy atom. The summed E-state index contributed by atoms with van der Waals surface area (Å²) in [5.74, 6) is -1.01. The Labute approximate surface area is 119 Å². The van der Waals surface area contributed by atoms with E-state index in [-0.39, 0.29) is 24.1 Å². The molecule has 0 spiro atoms. The van der Waals surface area contributed by atoms with E-state index >= 15 is 0 Å². The second kappa shape index (κ2) is 5.32. The van der Waals surface area contributed by atoms with E-state index in [9.17, 15) is 9.18 Å². The maximum Gasteiger partial charge on any atom is 0.397 e. The second-order valence-corrected chi connectivity index (χ2v) is 4.28. The molecule has 0 saturated heterocycles. The maximum absolute atomic E-state index is 13.8. The number of esters is 1. The van der Waals surface area contributed by atoms with Gasteiger partial charge in [0.25, 0.3) is 0 Å². The predicted octanol–water partition coefficient (Wildman–Crippen LogP) is 3.21. The number of carbonyl (C=O) groups is 1. The molecule has 2 aromatic carbocycles. The largest absolute Gasteiger partial charge is 0.459 e. The van der Waals surface area contributed by atoms with Crippen molar-refractivity contribution in [1.29, 1.82) is 0 Å². The van der Waals surface area contributed by atoms with E-state index in [4.69, 9.17) is 9.26 Å². The topological polar surface area (TPSA) is 65.2 Å². The molecule has 1 aromatic heterocycles. The lowest BCUT2D eigenvalue weighted by molar-refractivity contribution is 0.0470. The lowest BCUT2D eigenvalue weighted by atomic mass is 10.0. The molecular formula is C15H11FN2O3. The third kappa shape index (κ3) is 2.35. The number of benzene rings is 2. The molecule has 3 aromatic rings. The van der Waals surface area contributed by atoms with Gasteiger partial charge in [-0.05, 0) is 24.4 Å². The summed E-state index contributed by atoms with van der Waals surface area (Å²) >= 11 is 0. The summed E-state index contributed by atoms with van der Waals surface area (Å²) in [6.45, 7) is 1.90. The Morgan fingerprint density at radius 3 is 2.76 bits per heavy atom. The van der Waals surface area contributed by atoms with Crippen LogP contribution >= 0.6 is 0 Å². The van der Waals surface area contributed by atoms with E-state index in [1.165, 1.54) is 6.07 Å². The summed E-state index contributed by atoms with van der Waals surface area (Å²) in [6, 6.07) is 9.84. The number of ether oxygens (including phenoxy) is 1. The molecular weight excluding hydrogens is 275 g/mol. The van der Waals surface area contributed by atoms with Gasteiger partial charge in [0.15, 0.2) is 0 Å². The van der Waals surface area contributed by atoms with Crippen molar-refractivity contribution in [3.05, 3.63) is 48.1 Å². The summed E-state index contributed by atoms with van der Waals surface area (Å²) in [4.78, 5) is 15.5. The van der Waals surface area contributed by atoms with E-state index in [0.29, 0.717) is 16.3 Å². The smallest absolute Gasteiger partial charge is 0.397 e. The third-order valence-corrected chi connectivity index (χ3v) is 2.99. The van der Waals surface area contributed by atoms with Crippen molar-refractivity contribution in [3.8, 4) is 11.4 Å². The number of hydrogen-bond acceptors (Lipinski definition) is 5. The Kier molecular flexibility index (Phi) is 3.35. The van der Waals surface area contributed by atoms with E-state index in [0.717, 1.165) is 0 Å². The number of fused-ring (bicyclic) bond motifs is 1. The molecule has 5 nitrogen and oxygen atoms in total. The Hall–Kier alpha value is -2.76. The average molecular weight is 286 g/mol. The highest BCUT2D eigenvalue weighted by atomic mass is 19.1. The quantitative estimate of drug-likeness (QED) is 0.692. The molecule has 6 heteroatoms. The number of halogens is 1. The molecule has 0 amide bonds. The van der Waals surface area contributed by atoms with Gasteiger partial charge in [0.1, 0.15) is 5.82 Å². The van der Waals surface area contributed by atoms with Gasteiger partial charge >= 0.3 is 11.9 Å². The first-order valence-electron chi connectivity index (χ1n) is 6.39. The lowest BCUT2D eigenvalue weighted by Crippen LogP contribution is -2.04. The molecule has 0 radical (unpaired) electrons. The zero-order valence-electron chi connectivity index (χ0n) is 11.2. The van der Waals surface area contributed by atoms with Gasteiger partial charge in [-0.1, -0.05) is 29.4 Å². The van der Waals surface area contributed by atoms with Crippen molar-refractivity contribution in [2.75, 3.05) is 6.61 Å². The normalized spacial score (nSPS) is 10.8. The van der Waals surface area contributed by atoms with Crippen LogP contribution in [0.25, 0.3) is 22.2 Å². The highest BCUT2D eigenvalue weighted by molar-refractivity contribution is 5.95. The fourth-order valence-electron chi connectivity index (χ4n) is 2.07. The molecule has 0 aliphatic carbocycles. The molecule has 0 N–H and O–H groups in total. The molecule has 106 valence electrons. The Balaban J connectivity index is 2.09. The molecule has 0 bridgehead atoms. The Bertz CT molecular complexity index is 814. The molecule has 1 heterocycles. The van der Waals surface area contributed by atoms with Crippen LogP contribution in [0.1, 0.15) is 17.6 Å². The van der Waals surface area contributed by atoms with Gasteiger partial charge in [0, 0.05) is 10.9 Å². The van der Waals surface area contributed by atoms with Crippen LogP contribution in [-0.2, 0) is 4.74 Å². The van der Waals surface area contributed by atoms with Crippen LogP contribution in [0, 0.1) is 5.82 Å². The van der Waals surface area contributed by atoms with Gasteiger partial charge in [-0.2, -0.15) is 4.98 Å². The van der Waals surface area contributed by atoms with E-state index in [1.54, 1.807) is 37.3 Å². The van der Waals surface area contributed by atoms with E-state index < -0.39 is 5.97 Å². The first-order chi connectivity index (χ1) is 10.2. The molecule has 3 rings (SSSR count). The number of aromatic nitrogens is 2. The SMILES string of the molecule is CCOC(=O)c1nc(-c2ccc(F)c3ccccc23)no1. The number of rotatable bonds is 3. The monoisotopic (exact) mass is 286 g/mol. The van der Waals surface area contributed by atoms with Crippen LogP contribution in [0.3, 0.4) is 0 Å². The average Bonchev–Trinajstić information content (AvgIpc) is 2.98. The first-order valence-corrected chi connectivity index (χ1v) is 6.39. The minimum Gasteiger partial charge on any atom is -0.459 e. The lowest BCUT2D eigenvalue weighted by Gasteiger charge is -2.03. The van der Waals surface area contributed by atoms with Crippen LogP contribution in [0.5, 0.6) is 0 Å². The summed E-state index contributed by atoms with van der Waals surface area (Å²) in [7, 11) is 0. The van der Waals surface area contributed by atoms with Crippen molar-refractivity contribution in [2.45, 2.75) is 6.92 Å². The molecule has 0 aliphatic rings. The highest BCUT2D eigenvalue weighted by Crippen LogP contribution is 2.28. The summed E-state index contributed by atoms with van der Waals surface area (Å²) in [5, 5.41) is 4.86. The molecule has 0 unspecified atom stereocenters. The van der Waals surface area contributed by atoms with Gasteiger partial charge in [-0.25, -0.2) is 9.18 Å². The van der Waals surface area contributed by atoms with Crippen LogP contribution in [0.15, 0.2) is 40.9 Å². The van der Waals surface area contributed by atoms with Crippen LogP contribution in [0.4, 0.5) is 4.39 Å². The van der Waals surface area contributed by atoms with E-state index in [2.05, 4.69) is 10.1 Å². The fourth-order valence-corrected chi connectivity index (χ4v) is 2.07. The first kappa shape index (κ1) is 13.2. The van der Waals surface area contributed by atoms with Gasteiger partial charge in [0.2, 0.25) is 5.82 Å². The predicted molar refractivity (Wildman–Crippen MR) is 73.2 cm³/mol. The van der Waals surface area contributed by atoms with Gasteiger partial charge in [0.05, 0.1) is 6.61 Å². The minimum atomic E-state index is -0.678. The van der Waals surface area contributed by atoms with E-state index in [1.807, 2.05) is 0 Å². The van der Waals surface area contributed by atoms with Crippen molar-refractivity contribution in [2.24, 2.45) is 0 Å². The second-order valence-electron chi connectivity index (χ2n) is 4.28. The standard InChI is InChI=1S/C15H11FN2O3/c1-2-20-15(19)14-17-13(18-21-14)11-7-8-12(16)10-6-4-3-5-9(10)11/h3-8H,2H2,1H3. The van der Waals surface area contributed by atoms with Gasteiger partial charge in [-0.3, -0.25) is 0 Å². The van der Waals surface area contributed by atoms with Crippen molar-refractivity contribution < 1.29 is 18.4 Å². The molecule has 0 saturated carbocycles. The van der Waals surface area contributed by atoms with Crippen LogP contribution in [0.2, 0.25) is 0 Å². The molecule has 0 atom stereocenters. The summed E-state index contributed by atoms with van der Waals surface area (Å²) in [6.07, 6.45) is 0. The molecule has 0 aliphatic heterocycles. The number of carbonyl (C=O) groups excluding carboxylic acids is 1. The van der Waals surface area contributed by atoms with Crippen molar-refractivity contribution in [3.63, 3.8) is 0 Å². The molecule has 0 fully saturated rings. The van der Waals surface area contributed by atoms with Crippen LogP contribution in [-0.4, -0.2) is 22.7 Å². The van der Waals surface area contributed by atoms with Gasteiger partial charge < -0.3 is 9.26 Å². The third-order valence-electron chi connectivity index (χ3n) is 2.99. The minimum absolute atomic E-state index is 0.217.